The molecule has 0 amide bonds. The minimum atomic E-state index is -0.00327. The molecule has 0 aromatic rings. The predicted molar refractivity (Wildman–Crippen MR) is 57.3 cm³/mol. The van der Waals surface area contributed by atoms with Gasteiger partial charge in [-0.1, -0.05) is 13.8 Å². The van der Waals surface area contributed by atoms with E-state index in [9.17, 15) is 0 Å². The molecule has 0 saturated heterocycles. The van der Waals surface area contributed by atoms with Crippen LogP contribution < -0.4 is 5.32 Å². The quantitative estimate of drug-likeness (QED) is 0.677. The molecule has 3 nitrogen and oxygen atoms in total. The number of nitrogens with one attached hydrogen (secondary N) is 1. The van der Waals surface area contributed by atoms with Gasteiger partial charge in [-0.25, -0.2) is 0 Å². The molecule has 1 aliphatic carbocycles. The van der Waals surface area contributed by atoms with Gasteiger partial charge in [0.15, 0.2) is 0 Å². The maximum absolute atomic E-state index is 9.07. The highest BCUT2D eigenvalue weighted by Crippen LogP contribution is 2.24. The molecule has 3 heteroatoms. The molecule has 0 unspecified atom stereocenters. The second-order valence-corrected chi connectivity index (χ2v) is 4.95. The Balaban J connectivity index is 2.06. The van der Waals surface area contributed by atoms with Crippen molar-refractivity contribution in [2.45, 2.75) is 45.8 Å². The molecule has 84 valence electrons. The van der Waals surface area contributed by atoms with Crippen LogP contribution in [0.5, 0.6) is 0 Å². The van der Waals surface area contributed by atoms with E-state index < -0.39 is 0 Å². The molecule has 2 N–H and O–H groups in total. The smallest absolute Gasteiger partial charge is 0.0604 e. The van der Waals surface area contributed by atoms with Crippen molar-refractivity contribution in [3.05, 3.63) is 0 Å². The average molecular weight is 201 g/mol. The van der Waals surface area contributed by atoms with Gasteiger partial charge in [0.25, 0.3) is 0 Å². The predicted octanol–water partition coefficient (Wildman–Crippen LogP) is 1.16. The van der Waals surface area contributed by atoms with Crippen LogP contribution in [-0.4, -0.2) is 37.0 Å². The molecule has 0 aromatic heterocycles. The minimum absolute atomic E-state index is 0.00327. The summed E-state index contributed by atoms with van der Waals surface area (Å²) in [5.74, 6) is 0. The van der Waals surface area contributed by atoms with E-state index in [1.807, 2.05) is 6.92 Å². The van der Waals surface area contributed by atoms with Gasteiger partial charge < -0.3 is 15.2 Å². The zero-order valence-corrected chi connectivity index (χ0v) is 9.55. The number of hydrogen-bond donors (Lipinski definition) is 2. The van der Waals surface area contributed by atoms with Gasteiger partial charge in [0.1, 0.15) is 0 Å². The van der Waals surface area contributed by atoms with Crippen LogP contribution in [0.1, 0.15) is 33.6 Å². The highest BCUT2D eigenvalue weighted by Gasteiger charge is 2.30. The van der Waals surface area contributed by atoms with E-state index in [0.29, 0.717) is 12.1 Å². The van der Waals surface area contributed by atoms with E-state index in [2.05, 4.69) is 19.2 Å². The Morgan fingerprint density at radius 3 is 2.57 bits per heavy atom. The Kier molecular flexibility index (Phi) is 4.35. The third-order valence-electron chi connectivity index (χ3n) is 2.79. The van der Waals surface area contributed by atoms with Crippen molar-refractivity contribution in [3.63, 3.8) is 0 Å². The second-order valence-electron chi connectivity index (χ2n) is 4.95. The maximum Gasteiger partial charge on any atom is 0.0604 e. The number of hydrogen-bond acceptors (Lipinski definition) is 3. The van der Waals surface area contributed by atoms with Crippen LogP contribution in [0, 0.1) is 5.41 Å². The Morgan fingerprint density at radius 1 is 1.43 bits per heavy atom. The highest BCUT2D eigenvalue weighted by atomic mass is 16.5. The lowest BCUT2D eigenvalue weighted by atomic mass is 9.87. The second kappa shape index (κ2) is 5.10. The molecule has 0 bridgehead atoms. The first-order valence-electron chi connectivity index (χ1n) is 5.53. The Hall–Kier alpha value is -0.120. The van der Waals surface area contributed by atoms with Crippen LogP contribution in [0.25, 0.3) is 0 Å². The fourth-order valence-electron chi connectivity index (χ4n) is 1.58. The highest BCUT2D eigenvalue weighted by molar-refractivity contribution is 4.87. The monoisotopic (exact) mass is 201 g/mol. The molecule has 14 heavy (non-hydrogen) atoms. The van der Waals surface area contributed by atoms with E-state index in [1.165, 1.54) is 0 Å². The Morgan fingerprint density at radius 2 is 2.07 bits per heavy atom. The first-order valence-corrected chi connectivity index (χ1v) is 5.53. The van der Waals surface area contributed by atoms with Crippen LogP contribution in [0.2, 0.25) is 0 Å². The summed E-state index contributed by atoms with van der Waals surface area (Å²) in [6.45, 7) is 8.11. The topological polar surface area (TPSA) is 41.5 Å². The van der Waals surface area contributed by atoms with Crippen LogP contribution in [0.4, 0.5) is 0 Å². The molecular formula is C11H23NO2. The van der Waals surface area contributed by atoms with Crippen LogP contribution in [0.3, 0.4) is 0 Å². The third-order valence-corrected chi connectivity index (χ3v) is 2.79. The lowest BCUT2D eigenvalue weighted by molar-refractivity contribution is -0.0127. The van der Waals surface area contributed by atoms with Crippen molar-refractivity contribution in [1.29, 1.82) is 0 Å². The summed E-state index contributed by atoms with van der Waals surface area (Å²) in [5, 5.41) is 12.5. The van der Waals surface area contributed by atoms with Gasteiger partial charge in [-0.3, -0.25) is 0 Å². The van der Waals surface area contributed by atoms with Gasteiger partial charge in [0.05, 0.1) is 6.10 Å². The number of aliphatic hydroxyl groups is 1. The summed E-state index contributed by atoms with van der Waals surface area (Å²) in [6, 6.07) is 0.595. The summed E-state index contributed by atoms with van der Waals surface area (Å²) >= 11 is 0. The minimum Gasteiger partial charge on any atom is -0.396 e. The molecule has 0 heterocycles. The molecule has 0 aliphatic heterocycles. The molecule has 1 fully saturated rings. The van der Waals surface area contributed by atoms with Crippen molar-refractivity contribution >= 4 is 0 Å². The lowest BCUT2D eigenvalue weighted by Gasteiger charge is -2.37. The van der Waals surface area contributed by atoms with Crippen molar-refractivity contribution < 1.29 is 9.84 Å². The normalized spacial score (nSPS) is 27.4. The maximum atomic E-state index is 9.07. The van der Waals surface area contributed by atoms with Gasteiger partial charge in [-0.2, -0.15) is 0 Å². The van der Waals surface area contributed by atoms with E-state index in [0.717, 1.165) is 26.0 Å². The molecule has 0 spiro atoms. The zero-order valence-electron chi connectivity index (χ0n) is 9.55. The van der Waals surface area contributed by atoms with Crippen molar-refractivity contribution in [3.8, 4) is 0 Å². The average Bonchev–Trinajstić information content (AvgIpc) is 2.09. The lowest BCUT2D eigenvalue weighted by Crippen LogP contribution is -2.48. The van der Waals surface area contributed by atoms with Crippen LogP contribution in [-0.2, 0) is 4.74 Å². The fraction of sp³-hybridized carbons (Fsp3) is 1.00. The summed E-state index contributed by atoms with van der Waals surface area (Å²) < 4.78 is 5.48. The first-order chi connectivity index (χ1) is 6.57. The molecule has 1 aliphatic rings. The molecule has 0 radical (unpaired) electrons. The molecular weight excluding hydrogens is 178 g/mol. The Bertz CT molecular complexity index is 165. The zero-order chi connectivity index (χ0) is 10.6. The van der Waals surface area contributed by atoms with Gasteiger partial charge in [-0.05, 0) is 19.8 Å². The van der Waals surface area contributed by atoms with E-state index >= 15 is 0 Å². The summed E-state index contributed by atoms with van der Waals surface area (Å²) in [4.78, 5) is 0. The van der Waals surface area contributed by atoms with Crippen molar-refractivity contribution in [1.82, 2.24) is 5.32 Å². The first kappa shape index (κ1) is 12.0. The SMILES string of the molecule is CCOC1CC(NCC(C)(C)CO)C1. The Labute approximate surface area is 86.8 Å². The third kappa shape index (κ3) is 3.56. The van der Waals surface area contributed by atoms with Gasteiger partial charge in [-0.15, -0.1) is 0 Å². The number of rotatable bonds is 6. The summed E-state index contributed by atoms with van der Waals surface area (Å²) in [6.07, 6.45) is 2.71. The van der Waals surface area contributed by atoms with Crippen LogP contribution in [0.15, 0.2) is 0 Å². The molecule has 0 aromatic carbocycles. The van der Waals surface area contributed by atoms with Crippen molar-refractivity contribution in [2.75, 3.05) is 19.8 Å². The van der Waals surface area contributed by atoms with E-state index in [4.69, 9.17) is 9.84 Å². The van der Waals surface area contributed by atoms with Gasteiger partial charge >= 0.3 is 0 Å². The molecule has 1 saturated carbocycles. The van der Waals surface area contributed by atoms with Crippen LogP contribution >= 0.6 is 0 Å². The number of ether oxygens (including phenoxy) is 1. The molecule has 0 atom stereocenters. The fourth-order valence-corrected chi connectivity index (χ4v) is 1.58. The van der Waals surface area contributed by atoms with Crippen molar-refractivity contribution in [2.24, 2.45) is 5.41 Å². The largest absolute Gasteiger partial charge is 0.396 e. The van der Waals surface area contributed by atoms with Gasteiger partial charge in [0.2, 0.25) is 0 Å². The van der Waals surface area contributed by atoms with Gasteiger partial charge in [0, 0.05) is 31.2 Å². The summed E-state index contributed by atoms with van der Waals surface area (Å²) in [5.41, 5.74) is -0.00327. The summed E-state index contributed by atoms with van der Waals surface area (Å²) in [7, 11) is 0. The van der Waals surface area contributed by atoms with E-state index in [1.54, 1.807) is 0 Å². The standard InChI is InChI=1S/C11H23NO2/c1-4-14-10-5-9(6-10)12-7-11(2,3)8-13/h9-10,12-13H,4-8H2,1-3H3. The van der Waals surface area contributed by atoms with E-state index in [-0.39, 0.29) is 12.0 Å². The number of aliphatic hydroxyl groups excluding tert-OH is 1. The molecule has 1 rings (SSSR count).